The third kappa shape index (κ3) is 4.45. The molecule has 32 heavy (non-hydrogen) atoms. The molecule has 3 aromatic heterocycles. The lowest BCUT2D eigenvalue weighted by atomic mass is 10.1. The predicted molar refractivity (Wildman–Crippen MR) is 136 cm³/mol. The smallest absolute Gasteiger partial charge is 0.0659 e. The maximum Gasteiger partial charge on any atom is 0.0659 e. The topological polar surface area (TPSA) is 57.4 Å². The molecule has 0 unspecified atom stereocenters. The monoisotopic (exact) mass is 423 g/mol. The van der Waals surface area contributed by atoms with E-state index in [-0.39, 0.29) is 0 Å². The Kier molecular flexibility index (Phi) is 5.42. The molecular formula is C28H30N4. The van der Waals surface area contributed by atoms with Crippen LogP contribution < -0.4 is 0 Å². The summed E-state index contributed by atoms with van der Waals surface area (Å²) < 4.78 is 8.83. The van der Waals surface area contributed by atoms with E-state index in [1.54, 1.807) is 0 Å². The zero-order chi connectivity index (χ0) is 22.8. The summed E-state index contributed by atoms with van der Waals surface area (Å²) in [5.41, 5.74) is 9.92. The molecule has 5 heterocycles. The Morgan fingerprint density at radius 1 is 0.656 bits per heavy atom. The van der Waals surface area contributed by atoms with Crippen molar-refractivity contribution < 1.29 is 1.37 Å². The normalized spacial score (nSPS) is 13.0. The van der Waals surface area contributed by atoms with Crippen molar-refractivity contribution in [2.45, 2.75) is 52.4 Å². The highest BCUT2D eigenvalue weighted by atomic mass is 14.8. The summed E-state index contributed by atoms with van der Waals surface area (Å²) in [6.45, 7) is 4.41. The summed E-state index contributed by atoms with van der Waals surface area (Å²) in [5, 5.41) is 0. The zero-order valence-corrected chi connectivity index (χ0v) is 18.8. The van der Waals surface area contributed by atoms with Gasteiger partial charge in [0.1, 0.15) is 0 Å². The highest BCUT2D eigenvalue weighted by Crippen LogP contribution is 2.23. The first-order chi connectivity index (χ1) is 16.1. The number of hydrogen-bond donors (Lipinski definition) is 2. The van der Waals surface area contributed by atoms with Crippen molar-refractivity contribution in [3.05, 3.63) is 70.3 Å². The van der Waals surface area contributed by atoms with Crippen molar-refractivity contribution >= 4 is 46.4 Å². The molecule has 0 aliphatic carbocycles. The molecule has 0 aromatic carbocycles. The van der Waals surface area contributed by atoms with Crippen LogP contribution in [0.1, 0.15) is 74.8 Å². The highest BCUT2D eigenvalue weighted by molar-refractivity contribution is 5.79. The molecule has 0 atom stereocenters. The second kappa shape index (κ2) is 8.99. The molecule has 8 bridgehead atoms. The highest BCUT2D eigenvalue weighted by Gasteiger charge is 2.07. The molecule has 0 fully saturated rings. The van der Waals surface area contributed by atoms with Crippen molar-refractivity contribution in [1.29, 1.82) is 0 Å². The van der Waals surface area contributed by atoms with Gasteiger partial charge in [-0.15, -0.1) is 0 Å². The number of fused-ring (bicyclic) bond motifs is 8. The SMILES string of the molecule is [2H]c1c(CCCC)c2cc3cc(CCCC)c(cc4nc(cc5nc(cc1[nH]2)C=C5)C=C4)[nH]3. The molecule has 2 aliphatic heterocycles. The van der Waals surface area contributed by atoms with Gasteiger partial charge in [-0.1, -0.05) is 26.7 Å². The standard InChI is InChI=1S/C28H30N4/c1-3-5-7-19-13-25-16-23-10-9-21(29-23)15-22-11-12-24(30-22)17-27-20(8-6-4-2)14-26(32-27)18-28(19)31-25/h9-18,31-32H,3-8H2,1-2H3/i13D. The predicted octanol–water partition coefficient (Wildman–Crippen LogP) is 7.34. The molecule has 0 spiro atoms. The van der Waals surface area contributed by atoms with E-state index in [2.05, 4.69) is 48.1 Å². The van der Waals surface area contributed by atoms with Crippen LogP contribution in [0.3, 0.4) is 0 Å². The summed E-state index contributed by atoms with van der Waals surface area (Å²) >= 11 is 0. The first kappa shape index (κ1) is 19.3. The van der Waals surface area contributed by atoms with Crippen molar-refractivity contribution in [1.82, 2.24) is 19.9 Å². The van der Waals surface area contributed by atoms with Crippen molar-refractivity contribution in [2.75, 3.05) is 0 Å². The van der Waals surface area contributed by atoms with Gasteiger partial charge in [0, 0.05) is 22.1 Å². The average Bonchev–Trinajstić information content (AvgIpc) is 3.57. The van der Waals surface area contributed by atoms with Gasteiger partial charge in [0.2, 0.25) is 0 Å². The Morgan fingerprint density at radius 2 is 1.22 bits per heavy atom. The third-order valence-electron chi connectivity index (χ3n) is 5.96. The Morgan fingerprint density at radius 3 is 1.91 bits per heavy atom. The lowest BCUT2D eigenvalue weighted by molar-refractivity contribution is 0.799. The molecule has 5 rings (SSSR count). The van der Waals surface area contributed by atoms with Gasteiger partial charge < -0.3 is 9.97 Å². The molecule has 2 N–H and O–H groups in total. The summed E-state index contributed by atoms with van der Waals surface area (Å²) in [6, 6.07) is 11.1. The zero-order valence-electron chi connectivity index (χ0n) is 19.8. The number of H-pyrrole nitrogens is 2. The molecule has 4 heteroatoms. The Balaban J connectivity index is 1.82. The van der Waals surface area contributed by atoms with Gasteiger partial charge >= 0.3 is 0 Å². The van der Waals surface area contributed by atoms with E-state index in [4.69, 9.17) is 11.3 Å². The van der Waals surface area contributed by atoms with E-state index in [0.29, 0.717) is 6.04 Å². The number of aromatic amines is 2. The van der Waals surface area contributed by atoms with Crippen molar-refractivity contribution in [3.63, 3.8) is 0 Å². The Bertz CT molecular complexity index is 1400. The number of aromatic nitrogens is 4. The first-order valence-corrected chi connectivity index (χ1v) is 11.7. The van der Waals surface area contributed by atoms with Gasteiger partial charge in [0.05, 0.1) is 24.1 Å². The Labute approximate surface area is 190 Å². The van der Waals surface area contributed by atoms with Crippen molar-refractivity contribution in [3.8, 4) is 0 Å². The Hall–Kier alpha value is -3.40. The van der Waals surface area contributed by atoms with E-state index >= 15 is 0 Å². The molecular weight excluding hydrogens is 392 g/mol. The van der Waals surface area contributed by atoms with Gasteiger partial charge in [-0.25, -0.2) is 9.97 Å². The van der Waals surface area contributed by atoms with Gasteiger partial charge in [0.25, 0.3) is 0 Å². The van der Waals surface area contributed by atoms with Gasteiger partial charge in [0.15, 0.2) is 0 Å². The van der Waals surface area contributed by atoms with Crippen LogP contribution in [0.4, 0.5) is 0 Å². The number of hydrogen-bond acceptors (Lipinski definition) is 2. The molecule has 3 aromatic rings. The minimum absolute atomic E-state index is 0.569. The van der Waals surface area contributed by atoms with Crippen LogP contribution in [-0.4, -0.2) is 19.9 Å². The molecule has 0 amide bonds. The summed E-state index contributed by atoms with van der Waals surface area (Å²) in [4.78, 5) is 16.6. The lowest BCUT2D eigenvalue weighted by Crippen LogP contribution is -1.82. The molecule has 162 valence electrons. The van der Waals surface area contributed by atoms with E-state index in [0.717, 1.165) is 88.9 Å². The summed E-state index contributed by atoms with van der Waals surface area (Å²) in [6.07, 6.45) is 14.5. The van der Waals surface area contributed by atoms with E-state index in [1.807, 2.05) is 30.4 Å². The van der Waals surface area contributed by atoms with E-state index < -0.39 is 0 Å². The van der Waals surface area contributed by atoms with E-state index in [1.165, 1.54) is 5.56 Å². The van der Waals surface area contributed by atoms with Crippen LogP contribution in [-0.2, 0) is 12.8 Å². The van der Waals surface area contributed by atoms with Crippen LogP contribution in [0.2, 0.25) is 0 Å². The van der Waals surface area contributed by atoms with Crippen molar-refractivity contribution in [2.24, 2.45) is 0 Å². The molecule has 0 saturated carbocycles. The van der Waals surface area contributed by atoms with Crippen LogP contribution in [0.15, 0.2) is 36.4 Å². The second-order valence-corrected chi connectivity index (χ2v) is 8.59. The van der Waals surface area contributed by atoms with Gasteiger partial charge in [-0.3, -0.25) is 0 Å². The van der Waals surface area contributed by atoms with Crippen LogP contribution in [0, 0.1) is 0 Å². The second-order valence-electron chi connectivity index (χ2n) is 8.59. The quantitative estimate of drug-likeness (QED) is 0.300. The number of nitrogens with zero attached hydrogens (tertiary/aromatic N) is 2. The average molecular weight is 424 g/mol. The fourth-order valence-corrected chi connectivity index (χ4v) is 4.26. The maximum absolute atomic E-state index is 8.83. The number of nitrogens with one attached hydrogen (secondary N) is 2. The van der Waals surface area contributed by atoms with Crippen LogP contribution in [0.25, 0.3) is 46.4 Å². The fraction of sp³-hybridized carbons (Fsp3) is 0.286. The minimum Gasteiger partial charge on any atom is -0.355 e. The van der Waals surface area contributed by atoms with Gasteiger partial charge in [-0.2, -0.15) is 0 Å². The van der Waals surface area contributed by atoms with Crippen LogP contribution in [0.5, 0.6) is 0 Å². The van der Waals surface area contributed by atoms with Crippen LogP contribution >= 0.6 is 0 Å². The number of aryl methyl sites for hydroxylation is 2. The fourth-order valence-electron chi connectivity index (χ4n) is 4.26. The lowest BCUT2D eigenvalue weighted by Gasteiger charge is -1.95. The largest absolute Gasteiger partial charge is 0.355 e. The summed E-state index contributed by atoms with van der Waals surface area (Å²) in [7, 11) is 0. The maximum atomic E-state index is 8.83. The molecule has 2 aliphatic rings. The number of unbranched alkanes of at least 4 members (excludes halogenated alkanes) is 2. The van der Waals surface area contributed by atoms with E-state index in [9.17, 15) is 0 Å². The number of rotatable bonds is 6. The summed E-state index contributed by atoms with van der Waals surface area (Å²) in [5.74, 6) is 0. The molecule has 0 saturated heterocycles. The minimum atomic E-state index is 0.569. The third-order valence-corrected chi connectivity index (χ3v) is 5.96. The van der Waals surface area contributed by atoms with Gasteiger partial charge in [-0.05, 0) is 97.5 Å². The molecule has 0 radical (unpaired) electrons. The first-order valence-electron chi connectivity index (χ1n) is 12.2. The molecule has 4 nitrogen and oxygen atoms in total.